The average Bonchev–Trinajstić information content (AvgIpc) is 2.62. The topological polar surface area (TPSA) is 46.1 Å². The van der Waals surface area contributed by atoms with Gasteiger partial charge in [0.2, 0.25) is 0 Å². The number of ketones is 1. The monoisotopic (exact) mass is 329 g/mol. The maximum absolute atomic E-state index is 12.2. The molecule has 0 N–H and O–H groups in total. The van der Waals surface area contributed by atoms with Crippen LogP contribution in [-0.2, 0) is 4.79 Å². The zero-order chi connectivity index (χ0) is 17.1. The number of aryl methyl sites for hydroxylation is 1. The van der Waals surface area contributed by atoms with E-state index in [1.165, 1.54) is 44.3 Å². The number of piperidine rings is 1. The van der Waals surface area contributed by atoms with Crippen molar-refractivity contribution in [1.29, 1.82) is 0 Å². The summed E-state index contributed by atoms with van der Waals surface area (Å²) in [5.74, 6) is 2.46. The van der Waals surface area contributed by atoms with Crippen molar-refractivity contribution in [3.8, 4) is 0 Å². The van der Waals surface area contributed by atoms with Gasteiger partial charge in [0.25, 0.3) is 0 Å². The van der Waals surface area contributed by atoms with E-state index in [1.54, 1.807) is 0 Å². The van der Waals surface area contributed by atoms with Crippen LogP contribution in [0.15, 0.2) is 12.4 Å². The fraction of sp³-hybridized carbons (Fsp3) is 0.750. The predicted molar refractivity (Wildman–Crippen MR) is 95.9 cm³/mol. The second-order valence-electron chi connectivity index (χ2n) is 7.94. The Kier molecular flexibility index (Phi) is 5.65. The Morgan fingerprint density at radius 2 is 1.62 bits per heavy atom. The maximum atomic E-state index is 12.2. The van der Waals surface area contributed by atoms with E-state index < -0.39 is 0 Å². The first-order chi connectivity index (χ1) is 11.5. The van der Waals surface area contributed by atoms with Crippen molar-refractivity contribution in [2.75, 3.05) is 13.1 Å². The first kappa shape index (κ1) is 17.5. The molecule has 3 rings (SSSR count). The van der Waals surface area contributed by atoms with E-state index in [0.29, 0.717) is 23.7 Å². The van der Waals surface area contributed by atoms with Crippen LogP contribution in [0.25, 0.3) is 0 Å². The van der Waals surface area contributed by atoms with Crippen LogP contribution in [0.5, 0.6) is 0 Å². The molecule has 0 amide bonds. The lowest BCUT2D eigenvalue weighted by atomic mass is 9.79. The summed E-state index contributed by atoms with van der Waals surface area (Å²) >= 11 is 0. The third-order valence-electron chi connectivity index (χ3n) is 5.99. The van der Waals surface area contributed by atoms with E-state index in [-0.39, 0.29) is 5.92 Å². The fourth-order valence-electron chi connectivity index (χ4n) is 4.41. The molecule has 132 valence electrons. The minimum Gasteiger partial charge on any atom is -0.300 e. The minimum atomic E-state index is 0.194. The Bertz CT molecular complexity index is 539. The van der Waals surface area contributed by atoms with Crippen LogP contribution in [0.2, 0.25) is 0 Å². The van der Waals surface area contributed by atoms with E-state index in [9.17, 15) is 4.79 Å². The minimum absolute atomic E-state index is 0.194. The molecular formula is C20H31N3O. The molecule has 1 aliphatic heterocycles. The molecule has 1 aromatic rings. The fourth-order valence-corrected chi connectivity index (χ4v) is 4.41. The summed E-state index contributed by atoms with van der Waals surface area (Å²) in [7, 11) is 0. The molecule has 2 aliphatic rings. The number of nitrogens with zero attached hydrogens (tertiary/aromatic N) is 3. The molecule has 0 spiro atoms. The Labute approximate surface area is 146 Å². The van der Waals surface area contributed by atoms with Crippen LogP contribution in [0.3, 0.4) is 0 Å². The SMILES string of the molecule is Cc1ncc(C2CCN([C@H]3CC[C@H](C(=O)C(C)C)CC3)CC2)cn1. The molecule has 1 aliphatic carbocycles. The van der Waals surface area contributed by atoms with Gasteiger partial charge < -0.3 is 4.90 Å². The first-order valence-electron chi connectivity index (χ1n) is 9.61. The molecule has 1 saturated heterocycles. The summed E-state index contributed by atoms with van der Waals surface area (Å²) in [6, 6.07) is 0.691. The predicted octanol–water partition coefficient (Wildman–Crippen LogP) is 3.75. The van der Waals surface area contributed by atoms with Crippen molar-refractivity contribution < 1.29 is 4.79 Å². The molecule has 0 radical (unpaired) electrons. The Balaban J connectivity index is 1.47. The second-order valence-corrected chi connectivity index (χ2v) is 7.94. The summed E-state index contributed by atoms with van der Waals surface area (Å²) in [4.78, 5) is 23.5. The summed E-state index contributed by atoms with van der Waals surface area (Å²) in [5, 5.41) is 0. The molecule has 4 heteroatoms. The summed E-state index contributed by atoms with van der Waals surface area (Å²) in [6.07, 6.45) is 11.0. The molecule has 0 aromatic carbocycles. The molecule has 2 fully saturated rings. The van der Waals surface area contributed by atoms with Gasteiger partial charge in [-0.2, -0.15) is 0 Å². The summed E-state index contributed by atoms with van der Waals surface area (Å²) in [6.45, 7) is 8.35. The van der Waals surface area contributed by atoms with Crippen LogP contribution >= 0.6 is 0 Å². The van der Waals surface area contributed by atoms with E-state index in [2.05, 4.69) is 14.9 Å². The number of likely N-dealkylation sites (tertiary alicyclic amines) is 1. The number of aromatic nitrogens is 2. The summed E-state index contributed by atoms with van der Waals surface area (Å²) < 4.78 is 0. The van der Waals surface area contributed by atoms with E-state index in [1.807, 2.05) is 33.2 Å². The molecule has 0 atom stereocenters. The van der Waals surface area contributed by atoms with Gasteiger partial charge in [0.05, 0.1) is 0 Å². The van der Waals surface area contributed by atoms with Gasteiger partial charge in [0, 0.05) is 30.3 Å². The van der Waals surface area contributed by atoms with E-state index >= 15 is 0 Å². The van der Waals surface area contributed by atoms with Crippen LogP contribution < -0.4 is 0 Å². The molecule has 2 heterocycles. The number of carbonyl (C=O) groups excluding carboxylic acids is 1. The number of Topliss-reactive ketones (excluding diaryl/α,β-unsaturated/α-hetero) is 1. The molecule has 0 bridgehead atoms. The molecule has 0 unspecified atom stereocenters. The highest BCUT2D eigenvalue weighted by molar-refractivity contribution is 5.82. The first-order valence-corrected chi connectivity index (χ1v) is 9.61. The largest absolute Gasteiger partial charge is 0.300 e. The van der Waals surface area contributed by atoms with Gasteiger partial charge in [-0.05, 0) is 70.0 Å². The van der Waals surface area contributed by atoms with Crippen molar-refractivity contribution >= 4 is 5.78 Å². The Morgan fingerprint density at radius 1 is 1.04 bits per heavy atom. The lowest BCUT2D eigenvalue weighted by Gasteiger charge is -2.40. The van der Waals surface area contributed by atoms with Crippen molar-refractivity contribution in [2.45, 2.75) is 71.3 Å². The van der Waals surface area contributed by atoms with Crippen molar-refractivity contribution in [1.82, 2.24) is 14.9 Å². The second kappa shape index (κ2) is 7.73. The van der Waals surface area contributed by atoms with Gasteiger partial charge in [-0.25, -0.2) is 9.97 Å². The molecule has 24 heavy (non-hydrogen) atoms. The van der Waals surface area contributed by atoms with Gasteiger partial charge in [-0.1, -0.05) is 13.8 Å². The van der Waals surface area contributed by atoms with Gasteiger partial charge in [-0.3, -0.25) is 4.79 Å². The third kappa shape index (κ3) is 4.02. The van der Waals surface area contributed by atoms with Crippen molar-refractivity contribution in [2.24, 2.45) is 11.8 Å². The average molecular weight is 329 g/mol. The number of rotatable bonds is 4. The normalized spacial score (nSPS) is 26.7. The van der Waals surface area contributed by atoms with E-state index in [4.69, 9.17) is 0 Å². The van der Waals surface area contributed by atoms with Gasteiger partial charge in [-0.15, -0.1) is 0 Å². The van der Waals surface area contributed by atoms with Gasteiger partial charge in [0.1, 0.15) is 11.6 Å². The maximum Gasteiger partial charge on any atom is 0.138 e. The Morgan fingerprint density at radius 3 is 2.17 bits per heavy atom. The zero-order valence-corrected chi connectivity index (χ0v) is 15.4. The highest BCUT2D eigenvalue weighted by Gasteiger charge is 2.32. The zero-order valence-electron chi connectivity index (χ0n) is 15.4. The van der Waals surface area contributed by atoms with E-state index in [0.717, 1.165) is 18.7 Å². The van der Waals surface area contributed by atoms with Gasteiger partial charge in [0.15, 0.2) is 0 Å². The smallest absolute Gasteiger partial charge is 0.138 e. The van der Waals surface area contributed by atoms with Crippen LogP contribution in [0, 0.1) is 18.8 Å². The summed E-state index contributed by atoms with van der Waals surface area (Å²) in [5.41, 5.74) is 1.30. The van der Waals surface area contributed by atoms with Crippen LogP contribution in [0.1, 0.15) is 69.7 Å². The molecule has 1 saturated carbocycles. The van der Waals surface area contributed by atoms with Crippen molar-refractivity contribution in [3.05, 3.63) is 23.8 Å². The highest BCUT2D eigenvalue weighted by atomic mass is 16.1. The number of hydrogen-bond donors (Lipinski definition) is 0. The highest BCUT2D eigenvalue weighted by Crippen LogP contribution is 2.34. The standard InChI is InChI=1S/C20H31N3O/c1-14(2)20(24)17-4-6-19(7-5-17)23-10-8-16(9-11-23)18-12-21-15(3)22-13-18/h12-14,16-17,19H,4-11H2,1-3H3/t17-,19-. The quantitative estimate of drug-likeness (QED) is 0.844. The molecular weight excluding hydrogens is 298 g/mol. The molecule has 1 aromatic heterocycles. The van der Waals surface area contributed by atoms with Crippen LogP contribution in [-0.4, -0.2) is 39.8 Å². The number of hydrogen-bond acceptors (Lipinski definition) is 4. The Hall–Kier alpha value is -1.29. The third-order valence-corrected chi connectivity index (χ3v) is 5.99. The lowest BCUT2D eigenvalue weighted by Crippen LogP contribution is -2.43. The number of carbonyl (C=O) groups is 1. The van der Waals surface area contributed by atoms with Crippen molar-refractivity contribution in [3.63, 3.8) is 0 Å². The van der Waals surface area contributed by atoms with Crippen LogP contribution in [0.4, 0.5) is 0 Å². The van der Waals surface area contributed by atoms with Gasteiger partial charge >= 0.3 is 0 Å². The lowest BCUT2D eigenvalue weighted by molar-refractivity contribution is -0.127. The molecule has 4 nitrogen and oxygen atoms in total.